The van der Waals surface area contributed by atoms with Crippen LogP contribution < -0.4 is 0 Å². The van der Waals surface area contributed by atoms with Gasteiger partial charge in [0.05, 0.1) is 5.69 Å². The molecule has 2 aromatic heterocycles. The molecule has 2 rings (SSSR count). The lowest BCUT2D eigenvalue weighted by atomic mass is 9.97. The number of aromatic nitrogens is 3. The smallest absolute Gasteiger partial charge is 0.159 e. The highest BCUT2D eigenvalue weighted by Crippen LogP contribution is 2.31. The molecule has 0 aromatic carbocycles. The highest BCUT2D eigenvalue weighted by molar-refractivity contribution is 7.09. The van der Waals surface area contributed by atoms with Crippen LogP contribution in [0.2, 0.25) is 0 Å². The third-order valence-electron chi connectivity index (χ3n) is 2.31. The minimum absolute atomic E-state index is 0.527. The van der Waals surface area contributed by atoms with Crippen LogP contribution in [0.3, 0.4) is 0 Å². The summed E-state index contributed by atoms with van der Waals surface area (Å²) < 4.78 is 0. The van der Waals surface area contributed by atoms with Crippen molar-refractivity contribution in [1.29, 1.82) is 0 Å². The Hall–Kier alpha value is -1.33. The minimum Gasteiger partial charge on any atom is -0.376 e. The number of rotatable bonds is 3. The molecular formula is C10H11N3OS. The number of hydrogen-bond donors (Lipinski definition) is 1. The second-order valence-electron chi connectivity index (χ2n) is 3.17. The van der Waals surface area contributed by atoms with E-state index in [1.165, 1.54) is 11.3 Å². The number of pyridine rings is 1. The molecule has 2 aromatic rings. The van der Waals surface area contributed by atoms with E-state index < -0.39 is 5.60 Å². The summed E-state index contributed by atoms with van der Waals surface area (Å²) in [6.07, 6.45) is 2.19. The molecule has 2 heterocycles. The van der Waals surface area contributed by atoms with Gasteiger partial charge in [-0.3, -0.25) is 4.98 Å². The van der Waals surface area contributed by atoms with Crippen LogP contribution in [0.5, 0.6) is 0 Å². The predicted octanol–water partition coefficient (Wildman–Crippen LogP) is 1.58. The molecule has 0 aliphatic heterocycles. The fourth-order valence-corrected chi connectivity index (χ4v) is 2.13. The molecular weight excluding hydrogens is 210 g/mol. The van der Waals surface area contributed by atoms with E-state index in [1.807, 2.05) is 19.1 Å². The molecule has 15 heavy (non-hydrogen) atoms. The summed E-state index contributed by atoms with van der Waals surface area (Å²) in [5.41, 5.74) is 1.12. The van der Waals surface area contributed by atoms with Crippen LogP contribution in [0.4, 0.5) is 0 Å². The Morgan fingerprint density at radius 3 is 2.87 bits per heavy atom. The fourth-order valence-electron chi connectivity index (χ4n) is 1.40. The zero-order valence-corrected chi connectivity index (χ0v) is 9.11. The molecule has 1 N–H and O–H groups in total. The molecule has 1 unspecified atom stereocenters. The largest absolute Gasteiger partial charge is 0.376 e. The molecule has 0 saturated heterocycles. The van der Waals surface area contributed by atoms with E-state index in [1.54, 1.807) is 17.8 Å². The van der Waals surface area contributed by atoms with Crippen LogP contribution in [0.15, 0.2) is 29.9 Å². The van der Waals surface area contributed by atoms with Crippen LogP contribution in [0, 0.1) is 0 Å². The maximum absolute atomic E-state index is 10.5. The van der Waals surface area contributed by atoms with Gasteiger partial charge in [0.1, 0.15) is 5.51 Å². The van der Waals surface area contributed by atoms with E-state index in [2.05, 4.69) is 15.2 Å². The Bertz CT molecular complexity index is 417. The summed E-state index contributed by atoms with van der Waals surface area (Å²) in [6, 6.07) is 5.47. The number of nitrogens with zero attached hydrogens (tertiary/aromatic N) is 3. The Morgan fingerprint density at radius 2 is 2.33 bits per heavy atom. The monoisotopic (exact) mass is 221 g/mol. The fraction of sp³-hybridized carbons (Fsp3) is 0.300. The van der Waals surface area contributed by atoms with Crippen molar-refractivity contribution in [2.45, 2.75) is 18.9 Å². The molecule has 1 atom stereocenters. The molecule has 78 valence electrons. The third-order valence-corrected chi connectivity index (χ3v) is 3.16. The second kappa shape index (κ2) is 4.04. The van der Waals surface area contributed by atoms with Gasteiger partial charge in [0, 0.05) is 6.20 Å². The van der Waals surface area contributed by atoms with Crippen LogP contribution in [0.25, 0.3) is 0 Å². The highest BCUT2D eigenvalue weighted by Gasteiger charge is 2.34. The average molecular weight is 221 g/mol. The van der Waals surface area contributed by atoms with E-state index in [0.29, 0.717) is 17.1 Å². The molecule has 0 amide bonds. The van der Waals surface area contributed by atoms with Gasteiger partial charge >= 0.3 is 0 Å². The minimum atomic E-state index is -1.11. The molecule has 0 aliphatic rings. The van der Waals surface area contributed by atoms with Gasteiger partial charge in [0.25, 0.3) is 0 Å². The van der Waals surface area contributed by atoms with E-state index in [0.717, 1.165) is 0 Å². The highest BCUT2D eigenvalue weighted by atomic mass is 32.1. The Balaban J connectivity index is 2.47. The van der Waals surface area contributed by atoms with Crippen LogP contribution in [-0.4, -0.2) is 20.3 Å². The van der Waals surface area contributed by atoms with Crippen LogP contribution in [0.1, 0.15) is 24.0 Å². The van der Waals surface area contributed by atoms with Gasteiger partial charge in [0.2, 0.25) is 0 Å². The average Bonchev–Trinajstić information content (AvgIpc) is 2.83. The van der Waals surface area contributed by atoms with Gasteiger partial charge in [-0.1, -0.05) is 13.0 Å². The molecule has 0 saturated carbocycles. The van der Waals surface area contributed by atoms with Gasteiger partial charge < -0.3 is 5.11 Å². The normalized spacial score (nSPS) is 14.8. The first kappa shape index (κ1) is 10.2. The lowest BCUT2D eigenvalue weighted by Gasteiger charge is -2.22. The van der Waals surface area contributed by atoms with Crippen molar-refractivity contribution in [1.82, 2.24) is 15.2 Å². The van der Waals surface area contributed by atoms with E-state index in [9.17, 15) is 5.11 Å². The first-order chi connectivity index (χ1) is 7.27. The van der Waals surface area contributed by atoms with Crippen molar-refractivity contribution >= 4 is 11.3 Å². The summed E-state index contributed by atoms with van der Waals surface area (Å²) >= 11 is 1.34. The summed E-state index contributed by atoms with van der Waals surface area (Å²) in [5.74, 6) is 0. The molecule has 4 nitrogen and oxygen atoms in total. The van der Waals surface area contributed by atoms with Crippen LogP contribution >= 0.6 is 11.3 Å². The molecule has 0 radical (unpaired) electrons. The SMILES string of the molecule is CCC(O)(c1ccccn1)c1nncs1. The van der Waals surface area contributed by atoms with E-state index in [-0.39, 0.29) is 0 Å². The number of aliphatic hydroxyl groups is 1. The van der Waals surface area contributed by atoms with Crippen LogP contribution in [-0.2, 0) is 5.60 Å². The summed E-state index contributed by atoms with van der Waals surface area (Å²) in [5, 5.41) is 18.7. The first-order valence-electron chi connectivity index (χ1n) is 4.68. The molecule has 5 heteroatoms. The molecule has 0 fully saturated rings. The van der Waals surface area contributed by atoms with Gasteiger partial charge in [-0.25, -0.2) is 0 Å². The van der Waals surface area contributed by atoms with Crippen molar-refractivity contribution in [2.24, 2.45) is 0 Å². The predicted molar refractivity (Wildman–Crippen MR) is 57.4 cm³/mol. The maximum atomic E-state index is 10.5. The molecule has 0 spiro atoms. The molecule has 0 bridgehead atoms. The Kier molecular flexibility index (Phi) is 2.75. The van der Waals surface area contributed by atoms with Crippen molar-refractivity contribution in [3.05, 3.63) is 40.6 Å². The lowest BCUT2D eigenvalue weighted by molar-refractivity contribution is 0.0709. The van der Waals surface area contributed by atoms with E-state index >= 15 is 0 Å². The Labute approximate surface area is 91.6 Å². The van der Waals surface area contributed by atoms with Crippen molar-refractivity contribution < 1.29 is 5.11 Å². The number of hydrogen-bond acceptors (Lipinski definition) is 5. The summed E-state index contributed by atoms with van der Waals surface area (Å²) in [4.78, 5) is 4.17. The van der Waals surface area contributed by atoms with Gasteiger partial charge in [-0.15, -0.1) is 21.5 Å². The quantitative estimate of drug-likeness (QED) is 0.854. The van der Waals surface area contributed by atoms with Gasteiger partial charge in [-0.2, -0.15) is 0 Å². The second-order valence-corrected chi connectivity index (χ2v) is 4.01. The van der Waals surface area contributed by atoms with E-state index in [4.69, 9.17) is 0 Å². The lowest BCUT2D eigenvalue weighted by Crippen LogP contribution is -2.27. The zero-order valence-electron chi connectivity index (χ0n) is 8.29. The Morgan fingerprint density at radius 1 is 1.47 bits per heavy atom. The van der Waals surface area contributed by atoms with Crippen molar-refractivity contribution in [3.63, 3.8) is 0 Å². The standard InChI is InChI=1S/C10H11N3OS/c1-2-10(14,9-13-12-7-15-9)8-5-3-4-6-11-8/h3-7,14H,2H2,1H3. The summed E-state index contributed by atoms with van der Waals surface area (Å²) in [7, 11) is 0. The van der Waals surface area contributed by atoms with Gasteiger partial charge in [0.15, 0.2) is 10.6 Å². The zero-order chi connectivity index (χ0) is 10.7. The third kappa shape index (κ3) is 1.75. The maximum Gasteiger partial charge on any atom is 0.159 e. The van der Waals surface area contributed by atoms with Crippen molar-refractivity contribution in [3.8, 4) is 0 Å². The van der Waals surface area contributed by atoms with Gasteiger partial charge in [-0.05, 0) is 18.6 Å². The molecule has 0 aliphatic carbocycles. The topological polar surface area (TPSA) is 58.9 Å². The van der Waals surface area contributed by atoms with Crippen molar-refractivity contribution in [2.75, 3.05) is 0 Å². The summed E-state index contributed by atoms with van der Waals surface area (Å²) in [6.45, 7) is 1.90. The first-order valence-corrected chi connectivity index (χ1v) is 5.56.